The predicted octanol–water partition coefficient (Wildman–Crippen LogP) is 1.92. The van der Waals surface area contributed by atoms with E-state index in [0.717, 1.165) is 0 Å². The maximum absolute atomic E-state index is 12.1. The van der Waals surface area contributed by atoms with E-state index in [2.05, 4.69) is 0 Å². The molecule has 1 heterocycles. The molecule has 1 saturated heterocycles. The molecule has 4 nitrogen and oxygen atoms in total. The van der Waals surface area contributed by atoms with Crippen molar-refractivity contribution in [3.8, 4) is 0 Å². The summed E-state index contributed by atoms with van der Waals surface area (Å²) in [6.07, 6.45) is -2.03. The molecule has 0 aromatic rings. The molecule has 0 aromatic heterocycles. The minimum absolute atomic E-state index is 0.302. The first-order chi connectivity index (χ1) is 9.26. The predicted molar refractivity (Wildman–Crippen MR) is 71.1 cm³/mol. The highest BCUT2D eigenvalue weighted by Gasteiger charge is 2.36. The first-order valence-electron chi connectivity index (χ1n) is 6.16. The van der Waals surface area contributed by atoms with Crippen molar-refractivity contribution in [2.45, 2.75) is 32.5 Å². The number of rotatable bonds is 4. The summed E-state index contributed by atoms with van der Waals surface area (Å²) in [6.45, 7) is 2.14. The number of allylic oxidation sites excluding steroid dienone is 1. The molecular weight excluding hydrogens is 293 g/mol. The first kappa shape index (κ1) is 16.9. The molecule has 0 saturated carbocycles. The second-order valence-corrected chi connectivity index (χ2v) is 5.42. The maximum Gasteiger partial charge on any atom is 0.405 e. The molecule has 1 rings (SSSR count). The van der Waals surface area contributed by atoms with Crippen molar-refractivity contribution in [3.05, 3.63) is 11.6 Å². The van der Waals surface area contributed by atoms with E-state index in [-0.39, 0.29) is 5.91 Å². The lowest BCUT2D eigenvalue weighted by Crippen LogP contribution is -2.49. The smallest absolute Gasteiger partial charge is 0.345 e. The molecule has 1 unspecified atom stereocenters. The summed E-state index contributed by atoms with van der Waals surface area (Å²) in [5, 5.41) is 1.83. The third-order valence-corrected chi connectivity index (χ3v) is 3.77. The first-order valence-corrected chi connectivity index (χ1v) is 7.31. The summed E-state index contributed by atoms with van der Waals surface area (Å²) >= 11 is 1.35. The van der Waals surface area contributed by atoms with Gasteiger partial charge in [0.25, 0.3) is 5.91 Å². The molecule has 1 atom stereocenters. The number of carbonyl (C=O) groups is 2. The van der Waals surface area contributed by atoms with Crippen molar-refractivity contribution in [3.63, 3.8) is 0 Å². The highest BCUT2D eigenvalue weighted by Crippen LogP contribution is 2.23. The van der Waals surface area contributed by atoms with Crippen LogP contribution in [-0.4, -0.2) is 47.1 Å². The van der Waals surface area contributed by atoms with E-state index in [9.17, 15) is 22.8 Å². The van der Waals surface area contributed by atoms with Crippen molar-refractivity contribution in [2.24, 2.45) is 0 Å². The van der Waals surface area contributed by atoms with Crippen LogP contribution >= 0.6 is 11.8 Å². The van der Waals surface area contributed by atoms with Gasteiger partial charge < -0.3 is 10.2 Å². The van der Waals surface area contributed by atoms with Gasteiger partial charge in [0.05, 0.1) is 5.88 Å². The molecule has 0 aromatic carbocycles. The zero-order chi connectivity index (χ0) is 15.3. The summed E-state index contributed by atoms with van der Waals surface area (Å²) in [5.74, 6) is -0.430. The number of thioether (sulfide) groups is 1. The molecule has 1 fully saturated rings. The van der Waals surface area contributed by atoms with Gasteiger partial charge in [0.2, 0.25) is 5.91 Å². The number of amides is 2. The van der Waals surface area contributed by atoms with Crippen LogP contribution in [0.25, 0.3) is 0 Å². The number of hydrogen-bond donors (Lipinski definition) is 1. The summed E-state index contributed by atoms with van der Waals surface area (Å²) < 4.78 is 36.2. The van der Waals surface area contributed by atoms with Gasteiger partial charge in [-0.25, -0.2) is 0 Å². The molecule has 1 N–H and O–H groups in total. The Hall–Kier alpha value is -1.18. The number of alkyl halides is 3. The van der Waals surface area contributed by atoms with Crippen LogP contribution in [-0.2, 0) is 9.59 Å². The molecule has 20 heavy (non-hydrogen) atoms. The highest BCUT2D eigenvalue weighted by molar-refractivity contribution is 7.99. The van der Waals surface area contributed by atoms with Crippen molar-refractivity contribution in [1.82, 2.24) is 10.2 Å². The van der Waals surface area contributed by atoms with E-state index in [1.165, 1.54) is 16.7 Å². The fourth-order valence-corrected chi connectivity index (χ4v) is 2.94. The van der Waals surface area contributed by atoms with Crippen LogP contribution in [0.3, 0.4) is 0 Å². The zero-order valence-corrected chi connectivity index (χ0v) is 12.1. The van der Waals surface area contributed by atoms with Crippen LogP contribution in [0.4, 0.5) is 13.2 Å². The molecule has 1 aliphatic heterocycles. The summed E-state index contributed by atoms with van der Waals surface area (Å²) in [7, 11) is 0. The average molecular weight is 310 g/mol. The maximum atomic E-state index is 12.1. The largest absolute Gasteiger partial charge is 0.405 e. The molecule has 0 bridgehead atoms. The Morgan fingerprint density at radius 1 is 1.45 bits per heavy atom. The van der Waals surface area contributed by atoms with Crippen LogP contribution < -0.4 is 5.32 Å². The molecule has 1 aliphatic rings. The van der Waals surface area contributed by atoms with Crippen LogP contribution in [0.2, 0.25) is 0 Å². The molecule has 0 spiro atoms. The lowest BCUT2D eigenvalue weighted by Gasteiger charge is -2.23. The molecule has 114 valence electrons. The van der Waals surface area contributed by atoms with Gasteiger partial charge in [-0.15, -0.1) is 11.8 Å². The van der Waals surface area contributed by atoms with Gasteiger partial charge in [-0.2, -0.15) is 13.2 Å². The van der Waals surface area contributed by atoms with Gasteiger partial charge in [-0.05, 0) is 13.3 Å². The van der Waals surface area contributed by atoms with Gasteiger partial charge in [-0.3, -0.25) is 9.59 Å². The number of nitrogens with one attached hydrogen (secondary N) is 1. The topological polar surface area (TPSA) is 49.4 Å². The summed E-state index contributed by atoms with van der Waals surface area (Å²) in [6, 6.07) is -0.838. The van der Waals surface area contributed by atoms with Gasteiger partial charge in [0.1, 0.15) is 12.6 Å². The fourth-order valence-electron chi connectivity index (χ4n) is 1.79. The second kappa shape index (κ2) is 7.01. The highest BCUT2D eigenvalue weighted by atomic mass is 32.2. The van der Waals surface area contributed by atoms with Gasteiger partial charge in [-0.1, -0.05) is 13.0 Å². The lowest BCUT2D eigenvalue weighted by molar-refractivity contribution is -0.143. The minimum Gasteiger partial charge on any atom is -0.345 e. The van der Waals surface area contributed by atoms with E-state index in [1.807, 2.05) is 12.2 Å². The Labute approximate surface area is 119 Å². The quantitative estimate of drug-likeness (QED) is 0.807. The molecule has 0 aliphatic carbocycles. The monoisotopic (exact) mass is 310 g/mol. The standard InChI is InChI=1S/C12H17F3N2O2S/c1-3-4-8(2)11(19)17-7-20-5-9(17)10(18)16-6-12(13,14)15/h4,9H,3,5-7H2,1-2H3,(H,16,18)/b8-4+. The number of carbonyl (C=O) groups excluding carboxylic acids is 2. The van der Waals surface area contributed by atoms with Gasteiger partial charge in [0, 0.05) is 11.3 Å². The number of nitrogens with zero attached hydrogens (tertiary/aromatic N) is 1. The SMILES string of the molecule is CC/C=C(\C)C(=O)N1CSCC1C(=O)NCC(F)(F)F. The van der Waals surface area contributed by atoms with Crippen LogP contribution in [0, 0.1) is 0 Å². The molecular formula is C12H17F3N2O2S. The lowest BCUT2D eigenvalue weighted by atomic mass is 10.2. The Balaban J connectivity index is 2.67. The summed E-state index contributed by atoms with van der Waals surface area (Å²) in [4.78, 5) is 25.2. The van der Waals surface area contributed by atoms with E-state index >= 15 is 0 Å². The summed E-state index contributed by atoms with van der Waals surface area (Å²) in [5.41, 5.74) is 0.503. The van der Waals surface area contributed by atoms with E-state index in [0.29, 0.717) is 23.6 Å². The third-order valence-electron chi connectivity index (χ3n) is 2.76. The molecule has 8 heteroatoms. The fraction of sp³-hybridized carbons (Fsp3) is 0.667. The second-order valence-electron chi connectivity index (χ2n) is 4.42. The van der Waals surface area contributed by atoms with Crippen LogP contribution in [0.5, 0.6) is 0 Å². The third kappa shape index (κ3) is 4.73. The molecule has 2 amide bonds. The Bertz CT molecular complexity index is 410. The van der Waals surface area contributed by atoms with Crippen LogP contribution in [0.1, 0.15) is 20.3 Å². The van der Waals surface area contributed by atoms with E-state index in [4.69, 9.17) is 0 Å². The van der Waals surface area contributed by atoms with Gasteiger partial charge >= 0.3 is 6.18 Å². The Morgan fingerprint density at radius 2 is 2.10 bits per heavy atom. The van der Waals surface area contributed by atoms with E-state index in [1.54, 1.807) is 13.0 Å². The van der Waals surface area contributed by atoms with Gasteiger partial charge in [0.15, 0.2) is 0 Å². The zero-order valence-electron chi connectivity index (χ0n) is 11.3. The van der Waals surface area contributed by atoms with E-state index < -0.39 is 24.7 Å². The Morgan fingerprint density at radius 3 is 2.65 bits per heavy atom. The number of hydrogen-bond acceptors (Lipinski definition) is 3. The van der Waals surface area contributed by atoms with Crippen molar-refractivity contribution in [1.29, 1.82) is 0 Å². The number of halogens is 3. The normalized spacial score (nSPS) is 20.1. The average Bonchev–Trinajstić information content (AvgIpc) is 2.83. The van der Waals surface area contributed by atoms with Crippen molar-refractivity contribution in [2.75, 3.05) is 18.2 Å². The van der Waals surface area contributed by atoms with Crippen molar-refractivity contribution >= 4 is 23.6 Å². The Kier molecular flexibility index (Phi) is 5.91. The van der Waals surface area contributed by atoms with Crippen molar-refractivity contribution < 1.29 is 22.8 Å². The minimum atomic E-state index is -4.45. The van der Waals surface area contributed by atoms with Crippen LogP contribution in [0.15, 0.2) is 11.6 Å². The molecule has 0 radical (unpaired) electrons.